The molecule has 2 heterocycles. The van der Waals surface area contributed by atoms with Gasteiger partial charge in [0, 0.05) is 30.8 Å². The van der Waals surface area contributed by atoms with Crippen LogP contribution < -0.4 is 0 Å². The monoisotopic (exact) mass is 220 g/mol. The first-order valence-corrected chi connectivity index (χ1v) is 6.65. The lowest BCUT2D eigenvalue weighted by atomic mass is 10.2. The maximum atomic E-state index is 2.59. The van der Waals surface area contributed by atoms with Crippen molar-refractivity contribution in [3.05, 3.63) is 35.9 Å². The van der Waals surface area contributed by atoms with Gasteiger partial charge in [0.25, 0.3) is 0 Å². The lowest BCUT2D eigenvalue weighted by molar-refractivity contribution is 0.258. The van der Waals surface area contributed by atoms with Crippen LogP contribution in [-0.2, 0) is 6.54 Å². The summed E-state index contributed by atoms with van der Waals surface area (Å²) in [7, 11) is 0. The second kappa shape index (κ2) is 4.16. The number of nitrogens with zero attached hydrogens (tertiary/aromatic N) is 2. The van der Waals surface area contributed by atoms with Crippen LogP contribution in [-0.4, -0.2) is 40.7 Å². The van der Waals surface area contributed by atoms with E-state index in [1.165, 1.54) is 23.7 Å². The topological polar surface area (TPSA) is 6.48 Å². The summed E-state index contributed by atoms with van der Waals surface area (Å²) in [6, 6.07) is 11.6. The highest BCUT2D eigenvalue weighted by Gasteiger charge is 2.33. The lowest BCUT2D eigenvalue weighted by Gasteiger charge is -2.16. The molecule has 1 aromatic carbocycles. The van der Waals surface area contributed by atoms with Crippen molar-refractivity contribution < 1.29 is 0 Å². The van der Waals surface area contributed by atoms with E-state index in [2.05, 4.69) is 51.9 Å². The highest BCUT2D eigenvalue weighted by Crippen LogP contribution is 2.27. The normalized spacial score (nSPS) is 27.1. The van der Waals surface area contributed by atoms with Crippen molar-refractivity contribution in [2.45, 2.75) is 12.6 Å². The van der Waals surface area contributed by atoms with Crippen molar-refractivity contribution in [2.24, 2.45) is 0 Å². The van der Waals surface area contributed by atoms with Gasteiger partial charge in [-0.2, -0.15) is 0 Å². The number of fused-ring (bicyclic) bond motifs is 1. The van der Waals surface area contributed by atoms with Gasteiger partial charge in [-0.3, -0.25) is 9.80 Å². The van der Waals surface area contributed by atoms with E-state index in [9.17, 15) is 0 Å². The van der Waals surface area contributed by atoms with E-state index in [0.29, 0.717) is 0 Å². The van der Waals surface area contributed by atoms with Gasteiger partial charge >= 0.3 is 0 Å². The van der Waals surface area contributed by atoms with Crippen molar-refractivity contribution in [1.82, 2.24) is 9.80 Å². The van der Waals surface area contributed by atoms with Gasteiger partial charge in [-0.05, 0) is 5.56 Å². The summed E-state index contributed by atoms with van der Waals surface area (Å²) in [6.45, 7) is 3.52. The summed E-state index contributed by atoms with van der Waals surface area (Å²) in [6.07, 6.45) is 0. The zero-order valence-electron chi connectivity index (χ0n) is 8.80. The van der Waals surface area contributed by atoms with Crippen LogP contribution in [0.25, 0.3) is 0 Å². The Bertz CT molecular complexity index is 316. The number of thioether (sulfide) groups is 1. The van der Waals surface area contributed by atoms with Crippen LogP contribution in [0.15, 0.2) is 30.3 Å². The summed E-state index contributed by atoms with van der Waals surface area (Å²) in [5.74, 6) is 2.56. The SMILES string of the molecule is c1ccc(CN2C[C@@H]3CSCN3C2)cc1. The molecular formula is C12H16N2S. The Labute approximate surface area is 95.3 Å². The Morgan fingerprint density at radius 3 is 2.93 bits per heavy atom. The maximum absolute atomic E-state index is 2.59. The quantitative estimate of drug-likeness (QED) is 0.751. The first kappa shape index (κ1) is 9.70. The molecule has 0 aromatic heterocycles. The van der Waals surface area contributed by atoms with E-state index in [4.69, 9.17) is 0 Å². The molecule has 0 amide bonds. The van der Waals surface area contributed by atoms with E-state index in [0.717, 1.165) is 19.3 Å². The van der Waals surface area contributed by atoms with Crippen molar-refractivity contribution in [3.63, 3.8) is 0 Å². The molecule has 15 heavy (non-hydrogen) atoms. The van der Waals surface area contributed by atoms with Crippen LogP contribution in [0.3, 0.4) is 0 Å². The average molecular weight is 220 g/mol. The van der Waals surface area contributed by atoms with E-state index < -0.39 is 0 Å². The van der Waals surface area contributed by atoms with E-state index in [1.54, 1.807) is 0 Å². The smallest absolute Gasteiger partial charge is 0.0521 e. The second-order valence-electron chi connectivity index (χ2n) is 4.38. The molecule has 2 fully saturated rings. The molecule has 0 radical (unpaired) electrons. The zero-order chi connectivity index (χ0) is 10.1. The fourth-order valence-corrected chi connectivity index (χ4v) is 3.63. The molecule has 3 rings (SSSR count). The number of hydrogen-bond donors (Lipinski definition) is 0. The molecule has 0 unspecified atom stereocenters. The minimum Gasteiger partial charge on any atom is -0.285 e. The fourth-order valence-electron chi connectivity index (χ4n) is 2.41. The van der Waals surface area contributed by atoms with Crippen LogP contribution in [0.5, 0.6) is 0 Å². The highest BCUT2D eigenvalue weighted by molar-refractivity contribution is 7.99. The summed E-state index contributed by atoms with van der Waals surface area (Å²) in [5, 5.41) is 0. The van der Waals surface area contributed by atoms with Gasteiger partial charge in [-0.25, -0.2) is 0 Å². The number of rotatable bonds is 2. The molecular weight excluding hydrogens is 204 g/mol. The molecule has 0 aliphatic carbocycles. The van der Waals surface area contributed by atoms with Gasteiger partial charge < -0.3 is 0 Å². The van der Waals surface area contributed by atoms with E-state index in [1.807, 2.05) is 0 Å². The van der Waals surface area contributed by atoms with Crippen LogP contribution in [0, 0.1) is 0 Å². The van der Waals surface area contributed by atoms with E-state index >= 15 is 0 Å². The lowest BCUT2D eigenvalue weighted by Crippen LogP contribution is -2.25. The predicted octanol–water partition coefficient (Wildman–Crippen LogP) is 1.83. The number of hydrogen-bond acceptors (Lipinski definition) is 3. The molecule has 1 aromatic rings. The zero-order valence-corrected chi connectivity index (χ0v) is 9.62. The molecule has 2 saturated heterocycles. The van der Waals surface area contributed by atoms with Gasteiger partial charge in [0.2, 0.25) is 0 Å². The van der Waals surface area contributed by atoms with Gasteiger partial charge in [-0.15, -0.1) is 11.8 Å². The highest BCUT2D eigenvalue weighted by atomic mass is 32.2. The molecule has 0 saturated carbocycles. The molecule has 0 bridgehead atoms. The Hall–Kier alpha value is -0.510. The largest absolute Gasteiger partial charge is 0.285 e. The van der Waals surface area contributed by atoms with Gasteiger partial charge in [-0.1, -0.05) is 30.3 Å². The van der Waals surface area contributed by atoms with Crippen LogP contribution >= 0.6 is 11.8 Å². The van der Waals surface area contributed by atoms with Crippen LogP contribution in [0.2, 0.25) is 0 Å². The minimum atomic E-state index is 0.818. The van der Waals surface area contributed by atoms with Gasteiger partial charge in [0.15, 0.2) is 0 Å². The summed E-state index contributed by atoms with van der Waals surface area (Å²) in [4.78, 5) is 5.15. The van der Waals surface area contributed by atoms with Gasteiger partial charge in [0.05, 0.1) is 6.67 Å². The molecule has 0 spiro atoms. The molecule has 0 N–H and O–H groups in total. The van der Waals surface area contributed by atoms with Crippen molar-refractivity contribution in [1.29, 1.82) is 0 Å². The van der Waals surface area contributed by atoms with Crippen molar-refractivity contribution in [2.75, 3.05) is 24.8 Å². The van der Waals surface area contributed by atoms with Gasteiger partial charge in [0.1, 0.15) is 0 Å². The Kier molecular flexibility index (Phi) is 2.69. The summed E-state index contributed by atoms with van der Waals surface area (Å²) < 4.78 is 0. The molecule has 80 valence electrons. The fraction of sp³-hybridized carbons (Fsp3) is 0.500. The molecule has 1 atom stereocenters. The van der Waals surface area contributed by atoms with Crippen LogP contribution in [0.4, 0.5) is 0 Å². The molecule has 2 aliphatic heterocycles. The number of benzene rings is 1. The Balaban J connectivity index is 1.62. The van der Waals surface area contributed by atoms with Crippen molar-refractivity contribution >= 4 is 11.8 Å². The van der Waals surface area contributed by atoms with E-state index in [-0.39, 0.29) is 0 Å². The minimum absolute atomic E-state index is 0.818. The Morgan fingerprint density at radius 1 is 1.27 bits per heavy atom. The standard InChI is InChI=1S/C12H16N2S/c1-2-4-11(5-3-1)6-13-7-12-8-15-10-14(12)9-13/h1-5,12H,6-10H2/t12-/m1/s1. The summed E-state index contributed by atoms with van der Waals surface area (Å²) in [5.41, 5.74) is 1.44. The predicted molar refractivity (Wildman–Crippen MR) is 64.7 cm³/mol. The molecule has 2 aliphatic rings. The third-order valence-electron chi connectivity index (χ3n) is 3.18. The summed E-state index contributed by atoms with van der Waals surface area (Å²) >= 11 is 2.07. The maximum Gasteiger partial charge on any atom is 0.0521 e. The molecule has 3 heteroatoms. The Morgan fingerprint density at radius 2 is 2.13 bits per heavy atom. The first-order valence-electron chi connectivity index (χ1n) is 5.50. The average Bonchev–Trinajstić information content (AvgIpc) is 2.79. The molecule has 2 nitrogen and oxygen atoms in total. The first-order chi connectivity index (χ1) is 7.42. The van der Waals surface area contributed by atoms with Crippen LogP contribution in [0.1, 0.15) is 5.56 Å². The van der Waals surface area contributed by atoms with Crippen molar-refractivity contribution in [3.8, 4) is 0 Å². The third-order valence-corrected chi connectivity index (χ3v) is 4.32. The second-order valence-corrected chi connectivity index (χ2v) is 5.38. The third kappa shape index (κ3) is 2.05.